The van der Waals surface area contributed by atoms with Crippen molar-refractivity contribution in [3.05, 3.63) is 23.9 Å². The van der Waals surface area contributed by atoms with E-state index >= 15 is 0 Å². The van der Waals surface area contributed by atoms with Crippen LogP contribution in [0.15, 0.2) is 18.2 Å². The van der Waals surface area contributed by atoms with Gasteiger partial charge in [-0.05, 0) is 85.3 Å². The Morgan fingerprint density at radius 2 is 1.79 bits per heavy atom. The van der Waals surface area contributed by atoms with E-state index in [0.717, 1.165) is 44.5 Å². The smallest absolute Gasteiger partial charge is 0.413 e. The largest absolute Gasteiger partial charge is 0.444 e. The average Bonchev–Trinajstić information content (AvgIpc) is 2.59. The number of hydrogen-bond donors (Lipinski definition) is 1. The number of aryl methyl sites for hydroxylation is 1. The fourth-order valence-corrected chi connectivity index (χ4v) is 2.99. The zero-order valence-electron chi connectivity index (χ0n) is 18.6. The molecule has 0 radical (unpaired) electrons. The molecule has 0 aliphatic carbocycles. The molecule has 1 aliphatic heterocycles. The van der Waals surface area contributed by atoms with Gasteiger partial charge in [-0.3, -0.25) is 5.32 Å². The standard InChI is InChI=1S/C22H35N3O4/c1-21(2,3)19(26)29-25-14-12-16(13-15-25)10-11-17-8-7-9-18(23-17)24-20(27)28-22(4,5)6/h7-9,16H,10-15H2,1-6H3,(H,23,24,27). The van der Waals surface area contributed by atoms with Crippen molar-refractivity contribution in [1.29, 1.82) is 0 Å². The SMILES string of the molecule is CC(C)(C)OC(=O)Nc1cccc(CCC2CCN(OC(=O)C(C)(C)C)CC2)n1. The molecule has 29 heavy (non-hydrogen) atoms. The van der Waals surface area contributed by atoms with Gasteiger partial charge in [-0.15, -0.1) is 5.06 Å². The predicted octanol–water partition coefficient (Wildman–Crippen LogP) is 4.58. The Morgan fingerprint density at radius 3 is 2.38 bits per heavy atom. The summed E-state index contributed by atoms with van der Waals surface area (Å²) in [5.41, 5.74) is -0.0845. The molecular weight excluding hydrogens is 370 g/mol. The maximum Gasteiger partial charge on any atom is 0.413 e. The Kier molecular flexibility index (Phi) is 7.63. The topological polar surface area (TPSA) is 80.8 Å². The number of aromatic nitrogens is 1. The molecule has 162 valence electrons. The zero-order chi connectivity index (χ0) is 21.7. The van der Waals surface area contributed by atoms with Gasteiger partial charge >= 0.3 is 12.1 Å². The lowest BCUT2D eigenvalue weighted by Gasteiger charge is -2.32. The summed E-state index contributed by atoms with van der Waals surface area (Å²) in [6.07, 6.45) is 3.35. The number of amides is 1. The normalized spacial score (nSPS) is 16.3. The molecule has 0 saturated carbocycles. The van der Waals surface area contributed by atoms with E-state index in [1.165, 1.54) is 0 Å². The van der Waals surface area contributed by atoms with Crippen molar-refractivity contribution in [1.82, 2.24) is 10.0 Å². The van der Waals surface area contributed by atoms with Gasteiger partial charge in [0.05, 0.1) is 5.41 Å². The second-order valence-corrected chi connectivity index (χ2v) is 9.68. The molecule has 0 aromatic carbocycles. The fraction of sp³-hybridized carbons (Fsp3) is 0.682. The summed E-state index contributed by atoms with van der Waals surface area (Å²) in [6, 6.07) is 5.62. The van der Waals surface area contributed by atoms with Gasteiger partial charge in [0.2, 0.25) is 0 Å². The monoisotopic (exact) mass is 405 g/mol. The highest BCUT2D eigenvalue weighted by Crippen LogP contribution is 2.24. The molecule has 1 amide bonds. The van der Waals surface area contributed by atoms with Gasteiger partial charge < -0.3 is 9.57 Å². The molecule has 1 aromatic heterocycles. The number of ether oxygens (including phenoxy) is 1. The van der Waals surface area contributed by atoms with E-state index < -0.39 is 17.1 Å². The Morgan fingerprint density at radius 1 is 1.14 bits per heavy atom. The minimum absolute atomic E-state index is 0.186. The van der Waals surface area contributed by atoms with Crippen molar-refractivity contribution < 1.29 is 19.2 Å². The Balaban J connectivity index is 1.77. The van der Waals surface area contributed by atoms with Gasteiger partial charge in [0.1, 0.15) is 11.4 Å². The average molecular weight is 406 g/mol. The molecule has 7 nitrogen and oxygen atoms in total. The molecule has 0 unspecified atom stereocenters. The van der Waals surface area contributed by atoms with E-state index in [9.17, 15) is 9.59 Å². The second-order valence-electron chi connectivity index (χ2n) is 9.68. The lowest BCUT2D eigenvalue weighted by atomic mass is 9.92. The predicted molar refractivity (Wildman–Crippen MR) is 112 cm³/mol. The molecule has 2 rings (SSSR count). The van der Waals surface area contributed by atoms with Gasteiger partial charge in [-0.25, -0.2) is 14.6 Å². The van der Waals surface area contributed by atoms with Crippen molar-refractivity contribution in [3.63, 3.8) is 0 Å². The van der Waals surface area contributed by atoms with Crippen LogP contribution in [-0.2, 0) is 20.8 Å². The highest BCUT2D eigenvalue weighted by molar-refractivity contribution is 5.83. The van der Waals surface area contributed by atoms with Crippen LogP contribution in [0.2, 0.25) is 0 Å². The van der Waals surface area contributed by atoms with Crippen LogP contribution >= 0.6 is 0 Å². The van der Waals surface area contributed by atoms with Crippen molar-refractivity contribution in [2.45, 2.75) is 72.8 Å². The van der Waals surface area contributed by atoms with Gasteiger partial charge in [0.15, 0.2) is 0 Å². The van der Waals surface area contributed by atoms with Crippen LogP contribution < -0.4 is 5.32 Å². The number of hydroxylamine groups is 2. The summed E-state index contributed by atoms with van der Waals surface area (Å²) in [7, 11) is 0. The first-order valence-corrected chi connectivity index (χ1v) is 10.4. The number of nitrogens with zero attached hydrogens (tertiary/aromatic N) is 2. The third-order valence-corrected chi connectivity index (χ3v) is 4.64. The third-order valence-electron chi connectivity index (χ3n) is 4.64. The van der Waals surface area contributed by atoms with Crippen molar-refractivity contribution in [3.8, 4) is 0 Å². The number of carbonyl (C=O) groups is 2. The van der Waals surface area contributed by atoms with E-state index in [4.69, 9.17) is 9.57 Å². The number of piperidine rings is 1. The summed E-state index contributed by atoms with van der Waals surface area (Å²) in [5, 5.41) is 4.47. The summed E-state index contributed by atoms with van der Waals surface area (Å²) in [6.45, 7) is 12.6. The molecule has 0 atom stereocenters. The maximum absolute atomic E-state index is 12.0. The number of carbonyl (C=O) groups excluding carboxylic acids is 2. The van der Waals surface area contributed by atoms with E-state index in [1.807, 2.05) is 53.7 Å². The first-order chi connectivity index (χ1) is 13.4. The Labute approximate surface area is 174 Å². The molecule has 1 fully saturated rings. The fourth-order valence-electron chi connectivity index (χ4n) is 2.99. The molecule has 0 spiro atoms. The lowest BCUT2D eigenvalue weighted by molar-refractivity contribution is -0.206. The summed E-state index contributed by atoms with van der Waals surface area (Å²) < 4.78 is 5.26. The van der Waals surface area contributed by atoms with Crippen LogP contribution in [0.3, 0.4) is 0 Å². The van der Waals surface area contributed by atoms with E-state index in [-0.39, 0.29) is 5.97 Å². The van der Waals surface area contributed by atoms with Crippen molar-refractivity contribution in [2.24, 2.45) is 11.3 Å². The van der Waals surface area contributed by atoms with Gasteiger partial charge in [0.25, 0.3) is 0 Å². The molecular formula is C22H35N3O4. The Hall–Kier alpha value is -2.15. The van der Waals surface area contributed by atoms with E-state index in [1.54, 1.807) is 11.1 Å². The third kappa shape index (κ3) is 8.40. The number of rotatable bonds is 5. The number of pyridine rings is 1. The summed E-state index contributed by atoms with van der Waals surface area (Å²) >= 11 is 0. The van der Waals surface area contributed by atoms with Crippen LogP contribution in [0, 0.1) is 11.3 Å². The zero-order valence-corrected chi connectivity index (χ0v) is 18.6. The van der Waals surface area contributed by atoms with E-state index in [0.29, 0.717) is 11.7 Å². The molecule has 7 heteroatoms. The van der Waals surface area contributed by atoms with Crippen molar-refractivity contribution >= 4 is 17.9 Å². The lowest BCUT2D eigenvalue weighted by Crippen LogP contribution is -2.38. The van der Waals surface area contributed by atoms with Crippen LogP contribution in [0.1, 0.15) is 66.5 Å². The number of hydrogen-bond acceptors (Lipinski definition) is 6. The number of anilines is 1. The molecule has 1 N–H and O–H groups in total. The summed E-state index contributed by atoms with van der Waals surface area (Å²) in [5.74, 6) is 0.888. The van der Waals surface area contributed by atoms with E-state index in [2.05, 4.69) is 10.3 Å². The van der Waals surface area contributed by atoms with Crippen LogP contribution in [-0.4, -0.2) is 40.8 Å². The maximum atomic E-state index is 12.0. The van der Waals surface area contributed by atoms with Gasteiger partial charge in [-0.2, -0.15) is 0 Å². The quantitative estimate of drug-likeness (QED) is 0.772. The minimum Gasteiger partial charge on any atom is -0.444 e. The minimum atomic E-state index is -0.544. The van der Waals surface area contributed by atoms with Crippen molar-refractivity contribution in [2.75, 3.05) is 18.4 Å². The highest BCUT2D eigenvalue weighted by atomic mass is 16.7. The molecule has 1 aliphatic rings. The highest BCUT2D eigenvalue weighted by Gasteiger charge is 2.28. The first kappa shape index (κ1) is 23.1. The number of nitrogens with one attached hydrogen (secondary N) is 1. The van der Waals surface area contributed by atoms with Gasteiger partial charge in [-0.1, -0.05) is 6.07 Å². The molecule has 1 aromatic rings. The molecule has 2 heterocycles. The van der Waals surface area contributed by atoms with Crippen LogP contribution in [0.4, 0.5) is 10.6 Å². The first-order valence-electron chi connectivity index (χ1n) is 10.4. The second kappa shape index (κ2) is 9.57. The summed E-state index contributed by atoms with van der Waals surface area (Å²) in [4.78, 5) is 33.9. The Bertz CT molecular complexity index is 699. The van der Waals surface area contributed by atoms with Crippen LogP contribution in [0.5, 0.6) is 0 Å². The van der Waals surface area contributed by atoms with Crippen LogP contribution in [0.25, 0.3) is 0 Å². The molecule has 1 saturated heterocycles. The van der Waals surface area contributed by atoms with Gasteiger partial charge in [0, 0.05) is 18.8 Å². The molecule has 0 bridgehead atoms.